The molecule has 1 heterocycles. The molecule has 3 rings (SSSR count). The van der Waals surface area contributed by atoms with Gasteiger partial charge in [-0.25, -0.2) is 4.72 Å². The van der Waals surface area contributed by atoms with Gasteiger partial charge >= 0.3 is 0 Å². The topological polar surface area (TPSA) is 61.4 Å². The van der Waals surface area contributed by atoms with Gasteiger partial charge in [0.05, 0.1) is 0 Å². The number of nitrogens with zero attached hydrogens (tertiary/aromatic N) is 1. The average Bonchev–Trinajstić information content (AvgIpc) is 3.36. The van der Waals surface area contributed by atoms with Crippen LogP contribution >= 0.6 is 0 Å². The first kappa shape index (κ1) is 15.7. The van der Waals surface area contributed by atoms with E-state index in [-0.39, 0.29) is 0 Å². The van der Waals surface area contributed by atoms with Crippen LogP contribution < -0.4 is 10.0 Å². The minimum Gasteiger partial charge on any atom is -0.314 e. The maximum absolute atomic E-state index is 12.3. The highest BCUT2D eigenvalue weighted by Gasteiger charge is 2.32. The predicted octanol–water partition coefficient (Wildman–Crippen LogP) is 1.33. The molecule has 2 N–H and O–H groups in total. The number of rotatable bonds is 8. The third-order valence-electron chi connectivity index (χ3n) is 5.20. The van der Waals surface area contributed by atoms with Crippen LogP contribution in [-0.2, 0) is 10.2 Å². The first-order chi connectivity index (χ1) is 10.0. The summed E-state index contributed by atoms with van der Waals surface area (Å²) in [4.78, 5) is 0. The van der Waals surface area contributed by atoms with Gasteiger partial charge in [0.15, 0.2) is 0 Å². The summed E-state index contributed by atoms with van der Waals surface area (Å²) in [5.41, 5.74) is 0. The lowest BCUT2D eigenvalue weighted by molar-refractivity contribution is 0.264. The fraction of sp³-hybridized carbons (Fsp3) is 1.00. The summed E-state index contributed by atoms with van der Waals surface area (Å²) in [6, 6.07) is 0.748. The van der Waals surface area contributed by atoms with Crippen LogP contribution in [-0.4, -0.2) is 44.9 Å². The molecule has 0 spiro atoms. The van der Waals surface area contributed by atoms with Gasteiger partial charge in [0.25, 0.3) is 10.2 Å². The van der Waals surface area contributed by atoms with Crippen molar-refractivity contribution < 1.29 is 8.42 Å². The Morgan fingerprint density at radius 2 is 1.76 bits per heavy atom. The maximum atomic E-state index is 12.3. The SMILES string of the molecule is CC(CNS(=O)(=O)N1CCC(CNC2CC2)CC1)C1CC1. The maximum Gasteiger partial charge on any atom is 0.279 e. The third kappa shape index (κ3) is 4.65. The van der Waals surface area contributed by atoms with Crippen LogP contribution in [0.1, 0.15) is 45.4 Å². The van der Waals surface area contributed by atoms with E-state index >= 15 is 0 Å². The zero-order chi connectivity index (χ0) is 14.9. The standard InChI is InChI=1S/C15H29N3O2S/c1-12(14-2-3-14)10-17-21(19,20)18-8-6-13(7-9-18)11-16-15-4-5-15/h12-17H,2-11H2,1H3. The van der Waals surface area contributed by atoms with Gasteiger partial charge in [-0.15, -0.1) is 0 Å². The van der Waals surface area contributed by atoms with E-state index < -0.39 is 10.2 Å². The zero-order valence-corrected chi connectivity index (χ0v) is 13.9. The fourth-order valence-electron chi connectivity index (χ4n) is 3.13. The molecule has 0 radical (unpaired) electrons. The van der Waals surface area contributed by atoms with Gasteiger partial charge in [0.1, 0.15) is 0 Å². The molecule has 1 saturated heterocycles. The van der Waals surface area contributed by atoms with Gasteiger partial charge in [0.2, 0.25) is 0 Å². The molecule has 0 aromatic rings. The summed E-state index contributed by atoms with van der Waals surface area (Å²) in [5, 5.41) is 3.56. The lowest BCUT2D eigenvalue weighted by Crippen LogP contribution is -2.47. The van der Waals surface area contributed by atoms with Crippen molar-refractivity contribution in [1.82, 2.24) is 14.3 Å². The average molecular weight is 315 g/mol. The summed E-state index contributed by atoms with van der Waals surface area (Å²) in [6.45, 7) is 5.14. The lowest BCUT2D eigenvalue weighted by Gasteiger charge is -2.31. The molecule has 1 unspecified atom stereocenters. The Kier molecular flexibility index (Phi) is 4.88. The van der Waals surface area contributed by atoms with E-state index in [2.05, 4.69) is 17.0 Å². The second-order valence-electron chi connectivity index (χ2n) is 7.19. The van der Waals surface area contributed by atoms with Crippen LogP contribution in [0.15, 0.2) is 0 Å². The normalized spacial score (nSPS) is 26.9. The van der Waals surface area contributed by atoms with E-state index in [1.807, 2.05) is 0 Å². The summed E-state index contributed by atoms with van der Waals surface area (Å²) in [5.74, 6) is 1.86. The van der Waals surface area contributed by atoms with Crippen molar-refractivity contribution in [2.24, 2.45) is 17.8 Å². The molecule has 3 aliphatic rings. The van der Waals surface area contributed by atoms with Gasteiger partial charge < -0.3 is 5.32 Å². The molecule has 3 fully saturated rings. The van der Waals surface area contributed by atoms with Crippen molar-refractivity contribution in [2.45, 2.75) is 51.5 Å². The van der Waals surface area contributed by atoms with Crippen molar-refractivity contribution in [1.29, 1.82) is 0 Å². The van der Waals surface area contributed by atoms with Crippen molar-refractivity contribution >= 4 is 10.2 Å². The molecule has 1 aliphatic heterocycles. The molecule has 122 valence electrons. The number of hydrogen-bond donors (Lipinski definition) is 2. The molecular formula is C15H29N3O2S. The van der Waals surface area contributed by atoms with Crippen LogP contribution in [0.25, 0.3) is 0 Å². The van der Waals surface area contributed by atoms with Gasteiger partial charge in [-0.3, -0.25) is 0 Å². The summed E-state index contributed by atoms with van der Waals surface area (Å²) in [6.07, 6.45) is 7.13. The highest BCUT2D eigenvalue weighted by atomic mass is 32.2. The largest absolute Gasteiger partial charge is 0.314 e. The van der Waals surface area contributed by atoms with Gasteiger partial charge in [-0.2, -0.15) is 12.7 Å². The Labute approximate surface area is 129 Å². The Bertz CT molecular complexity index is 438. The van der Waals surface area contributed by atoms with Crippen LogP contribution in [0.2, 0.25) is 0 Å². The summed E-state index contributed by atoms with van der Waals surface area (Å²) < 4.78 is 29.1. The van der Waals surface area contributed by atoms with E-state index in [4.69, 9.17) is 0 Å². The van der Waals surface area contributed by atoms with Crippen molar-refractivity contribution in [3.05, 3.63) is 0 Å². The fourth-order valence-corrected chi connectivity index (χ4v) is 4.48. The zero-order valence-electron chi connectivity index (χ0n) is 13.1. The van der Waals surface area contributed by atoms with Gasteiger partial charge in [-0.1, -0.05) is 6.92 Å². The molecule has 0 aromatic heterocycles. The molecular weight excluding hydrogens is 286 g/mol. The first-order valence-electron chi connectivity index (χ1n) is 8.52. The van der Waals surface area contributed by atoms with Gasteiger partial charge in [-0.05, 0) is 62.8 Å². The molecule has 6 heteroatoms. The third-order valence-corrected chi connectivity index (χ3v) is 6.78. The second-order valence-corrected chi connectivity index (χ2v) is 8.95. The van der Waals surface area contributed by atoms with E-state index in [0.717, 1.165) is 31.3 Å². The molecule has 2 aliphatic carbocycles. The Morgan fingerprint density at radius 3 is 2.33 bits per heavy atom. The summed E-state index contributed by atoms with van der Waals surface area (Å²) >= 11 is 0. The van der Waals surface area contributed by atoms with Crippen molar-refractivity contribution in [3.8, 4) is 0 Å². The molecule has 1 atom stereocenters. The molecule has 2 saturated carbocycles. The first-order valence-corrected chi connectivity index (χ1v) is 9.97. The van der Waals surface area contributed by atoms with Crippen LogP contribution in [0.4, 0.5) is 0 Å². The van der Waals surface area contributed by atoms with E-state index in [0.29, 0.717) is 31.5 Å². The monoisotopic (exact) mass is 315 g/mol. The quantitative estimate of drug-likeness (QED) is 0.710. The van der Waals surface area contributed by atoms with Crippen molar-refractivity contribution in [2.75, 3.05) is 26.2 Å². The molecule has 5 nitrogen and oxygen atoms in total. The minimum atomic E-state index is -3.26. The highest BCUT2D eigenvalue weighted by molar-refractivity contribution is 7.87. The Hall–Kier alpha value is -0.170. The van der Waals surface area contributed by atoms with E-state index in [9.17, 15) is 8.42 Å². The van der Waals surface area contributed by atoms with Crippen LogP contribution in [0, 0.1) is 17.8 Å². The number of nitrogens with one attached hydrogen (secondary N) is 2. The minimum absolute atomic E-state index is 0.472. The molecule has 0 aromatic carbocycles. The number of hydrogen-bond acceptors (Lipinski definition) is 3. The number of piperidine rings is 1. The Morgan fingerprint density at radius 1 is 1.10 bits per heavy atom. The van der Waals surface area contributed by atoms with E-state index in [1.54, 1.807) is 4.31 Å². The van der Waals surface area contributed by atoms with Crippen LogP contribution in [0.3, 0.4) is 0 Å². The van der Waals surface area contributed by atoms with Crippen molar-refractivity contribution in [3.63, 3.8) is 0 Å². The summed E-state index contributed by atoms with van der Waals surface area (Å²) in [7, 11) is -3.26. The van der Waals surface area contributed by atoms with Crippen LogP contribution in [0.5, 0.6) is 0 Å². The highest BCUT2D eigenvalue weighted by Crippen LogP contribution is 2.36. The molecule has 0 amide bonds. The van der Waals surface area contributed by atoms with E-state index in [1.165, 1.54) is 25.7 Å². The molecule has 0 bridgehead atoms. The molecule has 21 heavy (non-hydrogen) atoms. The predicted molar refractivity (Wildman–Crippen MR) is 84.1 cm³/mol. The second kappa shape index (κ2) is 6.52. The smallest absolute Gasteiger partial charge is 0.279 e. The van der Waals surface area contributed by atoms with Gasteiger partial charge in [0, 0.05) is 25.7 Å². The lowest BCUT2D eigenvalue weighted by atomic mass is 9.98. The Balaban J connectivity index is 1.39.